The monoisotopic (exact) mass is 684 g/mol. The van der Waals surface area contributed by atoms with Gasteiger partial charge in [-0.15, -0.1) is 0 Å². The summed E-state index contributed by atoms with van der Waals surface area (Å²) in [7, 11) is -4.58. The van der Waals surface area contributed by atoms with Crippen LogP contribution in [0.5, 0.6) is 5.88 Å². The number of benzene rings is 2. The van der Waals surface area contributed by atoms with Crippen molar-refractivity contribution in [1.82, 2.24) is 25.0 Å². The van der Waals surface area contributed by atoms with Crippen LogP contribution in [0.4, 0.5) is 14.9 Å². The molecular formula is C33H38ClFN6O5S. The summed E-state index contributed by atoms with van der Waals surface area (Å²) in [6.07, 6.45) is 2.96. The number of likely N-dealkylation sites (N-methyl/N-ethyl adjacent to an activating group) is 1. The summed E-state index contributed by atoms with van der Waals surface area (Å²) in [5.74, 6) is -1.95. The molecule has 3 aliphatic rings. The Labute approximate surface area is 279 Å². The lowest BCUT2D eigenvalue weighted by Gasteiger charge is -2.43. The smallest absolute Gasteiger partial charge is 0.318 e. The van der Waals surface area contributed by atoms with Crippen molar-refractivity contribution in [3.8, 4) is 5.88 Å². The van der Waals surface area contributed by atoms with Gasteiger partial charge in [-0.3, -0.25) is 9.69 Å². The topological polar surface area (TPSA) is 115 Å². The Bertz CT molecular complexity index is 1750. The zero-order valence-corrected chi connectivity index (χ0v) is 27.9. The molecule has 1 N–H and O–H groups in total. The van der Waals surface area contributed by atoms with Crippen LogP contribution in [-0.4, -0.2) is 98.5 Å². The Morgan fingerprint density at radius 1 is 1.02 bits per heavy atom. The van der Waals surface area contributed by atoms with E-state index in [1.54, 1.807) is 24.0 Å². The van der Waals surface area contributed by atoms with Crippen LogP contribution in [0.3, 0.4) is 0 Å². The molecule has 0 bridgehead atoms. The van der Waals surface area contributed by atoms with Crippen LogP contribution in [0.2, 0.25) is 5.02 Å². The number of hydrogen-bond acceptors (Lipinski definition) is 8. The zero-order valence-electron chi connectivity index (χ0n) is 26.4. The van der Waals surface area contributed by atoms with Crippen LogP contribution >= 0.6 is 11.6 Å². The van der Waals surface area contributed by atoms with Crippen LogP contribution in [0.25, 0.3) is 0 Å². The predicted octanol–water partition coefficient (Wildman–Crippen LogP) is 4.06. The first kappa shape index (κ1) is 33.1. The number of piperazine rings is 1. The number of carbonyl (C=O) groups is 2. The van der Waals surface area contributed by atoms with Crippen molar-refractivity contribution in [2.75, 3.05) is 56.7 Å². The first-order valence-corrected chi connectivity index (χ1v) is 17.7. The number of nitrogens with one attached hydrogen (secondary N) is 1. The third-order valence-corrected chi connectivity index (χ3v) is 11.3. The van der Waals surface area contributed by atoms with E-state index in [1.165, 1.54) is 42.6 Å². The highest BCUT2D eigenvalue weighted by Crippen LogP contribution is 2.50. The summed E-state index contributed by atoms with van der Waals surface area (Å²) in [6.45, 7) is 9.94. The summed E-state index contributed by atoms with van der Waals surface area (Å²) >= 11 is 6.30. The molecule has 1 aromatic heterocycles. The highest BCUT2D eigenvalue weighted by molar-refractivity contribution is 7.93. The molecule has 2 saturated heterocycles. The number of likely N-dealkylation sites (tertiary alicyclic amines) is 1. The molecular weight excluding hydrogens is 647 g/mol. The predicted molar refractivity (Wildman–Crippen MR) is 176 cm³/mol. The van der Waals surface area contributed by atoms with Gasteiger partial charge in [0.25, 0.3) is 15.9 Å². The number of anilines is 1. The van der Waals surface area contributed by atoms with Crippen molar-refractivity contribution in [1.29, 1.82) is 0 Å². The Hall–Kier alpha value is -3.78. The summed E-state index contributed by atoms with van der Waals surface area (Å²) in [5, 5.41) is 2.55. The number of carbonyl (C=O) groups excluding carboxylic acids is 2. The molecule has 2 fully saturated rings. The number of sulfonamides is 1. The van der Waals surface area contributed by atoms with Crippen LogP contribution < -0.4 is 14.4 Å². The van der Waals surface area contributed by atoms with Gasteiger partial charge in [0.05, 0.1) is 27.8 Å². The summed E-state index contributed by atoms with van der Waals surface area (Å²) in [5.41, 5.74) is -2.35. The molecule has 4 heterocycles. The summed E-state index contributed by atoms with van der Waals surface area (Å²) < 4.78 is 49.7. The van der Waals surface area contributed by atoms with E-state index in [0.29, 0.717) is 23.4 Å². The van der Waals surface area contributed by atoms with Crippen molar-refractivity contribution in [2.45, 2.75) is 43.2 Å². The second kappa shape index (κ2) is 13.4. The minimum atomic E-state index is -4.58. The zero-order chi connectivity index (χ0) is 33.3. The van der Waals surface area contributed by atoms with Gasteiger partial charge in [-0.25, -0.2) is 22.6 Å². The van der Waals surface area contributed by atoms with E-state index in [0.717, 1.165) is 51.6 Å². The maximum Gasteiger partial charge on any atom is 0.318 e. The number of pyridine rings is 1. The number of halogens is 2. The number of urea groups is 1. The maximum absolute atomic E-state index is 15.1. The highest BCUT2D eigenvalue weighted by atomic mass is 35.5. The molecule has 11 nitrogen and oxygen atoms in total. The van der Waals surface area contributed by atoms with Crippen molar-refractivity contribution >= 4 is 39.2 Å². The second-order valence-electron chi connectivity index (χ2n) is 11.8. The van der Waals surface area contributed by atoms with Crippen molar-refractivity contribution in [3.05, 3.63) is 82.8 Å². The lowest BCUT2D eigenvalue weighted by molar-refractivity contribution is -0.121. The fraction of sp³-hybridized carbons (Fsp3) is 0.424. The van der Waals surface area contributed by atoms with Crippen molar-refractivity contribution in [2.24, 2.45) is 0 Å². The first-order chi connectivity index (χ1) is 22.6. The molecule has 250 valence electrons. The van der Waals surface area contributed by atoms with E-state index in [-0.39, 0.29) is 39.2 Å². The number of aromatic nitrogens is 1. The van der Waals surface area contributed by atoms with Gasteiger partial charge in [-0.1, -0.05) is 36.7 Å². The van der Waals surface area contributed by atoms with Gasteiger partial charge in [0.15, 0.2) is 5.54 Å². The fourth-order valence-corrected chi connectivity index (χ4v) is 8.45. The second-order valence-corrected chi connectivity index (χ2v) is 14.0. The van der Waals surface area contributed by atoms with Crippen LogP contribution in [0.15, 0.2) is 65.7 Å². The SMILES string of the molecule is CCOc1ncccc1C1(NC(=O)N2CCC(N3CCN(CC)CC3)CC2)C(=O)N(S(=O)(=O)c2ccccc2)c2cc(F)c(Cl)cc21. The molecule has 47 heavy (non-hydrogen) atoms. The summed E-state index contributed by atoms with van der Waals surface area (Å²) in [6, 6.07) is 12.3. The average molecular weight is 685 g/mol. The van der Waals surface area contributed by atoms with Gasteiger partial charge in [0, 0.05) is 63.1 Å². The number of amides is 3. The largest absolute Gasteiger partial charge is 0.478 e. The quantitative estimate of drug-likeness (QED) is 0.378. The number of rotatable bonds is 8. The molecule has 14 heteroatoms. The number of ether oxygens (including phenoxy) is 1. The Morgan fingerprint density at radius 2 is 1.72 bits per heavy atom. The molecule has 0 saturated carbocycles. The molecule has 1 unspecified atom stereocenters. The van der Waals surface area contributed by atoms with Gasteiger partial charge in [-0.05, 0) is 56.6 Å². The average Bonchev–Trinajstić information content (AvgIpc) is 3.32. The van der Waals surface area contributed by atoms with E-state index in [9.17, 15) is 18.0 Å². The minimum absolute atomic E-state index is 0.0129. The first-order valence-electron chi connectivity index (χ1n) is 15.9. The van der Waals surface area contributed by atoms with E-state index in [2.05, 4.69) is 27.0 Å². The van der Waals surface area contributed by atoms with Gasteiger partial charge < -0.3 is 19.9 Å². The Balaban J connectivity index is 1.40. The minimum Gasteiger partial charge on any atom is -0.478 e. The van der Waals surface area contributed by atoms with Gasteiger partial charge in [-0.2, -0.15) is 4.31 Å². The van der Waals surface area contributed by atoms with Crippen LogP contribution in [0, 0.1) is 5.82 Å². The fourth-order valence-electron chi connectivity index (χ4n) is 6.81. The van der Waals surface area contributed by atoms with E-state index >= 15 is 4.39 Å². The van der Waals surface area contributed by atoms with Gasteiger partial charge in [0.2, 0.25) is 5.88 Å². The third kappa shape index (κ3) is 5.94. The number of hydrogen-bond donors (Lipinski definition) is 1. The van der Waals surface area contributed by atoms with E-state index < -0.39 is 33.3 Å². The molecule has 3 aliphatic heterocycles. The molecule has 3 amide bonds. The molecule has 0 radical (unpaired) electrons. The summed E-state index contributed by atoms with van der Waals surface area (Å²) in [4.78, 5) is 39.7. The lowest BCUT2D eigenvalue weighted by Crippen LogP contribution is -2.59. The normalized spacial score (nSPS) is 21.1. The number of piperidine rings is 1. The standard InChI is InChI=1S/C33H38ClFN6O5S/c1-3-38-17-19-39(20-18-38)23-12-15-40(16-13-23)32(43)37-33(25-11-8-14-36-30(25)46-4-2)26-21-27(34)28(35)22-29(26)41(31(33)42)47(44,45)24-9-6-5-7-10-24/h5-11,14,21-23H,3-4,12-13,15-20H2,1-2H3,(H,37,43). The molecule has 1 atom stereocenters. The van der Waals surface area contributed by atoms with E-state index in [1.807, 2.05) is 0 Å². The lowest BCUT2D eigenvalue weighted by atomic mass is 9.84. The molecule has 0 aliphatic carbocycles. The number of nitrogens with zero attached hydrogens (tertiary/aromatic N) is 5. The Morgan fingerprint density at radius 3 is 2.38 bits per heavy atom. The molecule has 6 rings (SSSR count). The molecule has 0 spiro atoms. The van der Waals surface area contributed by atoms with Gasteiger partial charge in [0.1, 0.15) is 5.82 Å². The highest BCUT2D eigenvalue weighted by Gasteiger charge is 2.59. The maximum atomic E-state index is 15.1. The van der Waals surface area contributed by atoms with Gasteiger partial charge >= 0.3 is 6.03 Å². The molecule has 2 aromatic carbocycles. The van der Waals surface area contributed by atoms with Crippen molar-refractivity contribution in [3.63, 3.8) is 0 Å². The van der Waals surface area contributed by atoms with Crippen LogP contribution in [0.1, 0.15) is 37.8 Å². The Kier molecular flexibility index (Phi) is 9.43. The van der Waals surface area contributed by atoms with Crippen molar-refractivity contribution < 1.29 is 27.1 Å². The van der Waals surface area contributed by atoms with E-state index in [4.69, 9.17) is 16.3 Å². The van der Waals surface area contributed by atoms with Crippen LogP contribution in [-0.2, 0) is 20.4 Å². The molecule has 3 aromatic rings. The number of fused-ring (bicyclic) bond motifs is 1. The third-order valence-electron chi connectivity index (χ3n) is 9.32.